The lowest BCUT2D eigenvalue weighted by atomic mass is 9.93. The Kier molecular flexibility index (Phi) is 7.00. The zero-order chi connectivity index (χ0) is 15.9. The molecule has 0 radical (unpaired) electrons. The average Bonchev–Trinajstić information content (AvgIpc) is 2.49. The molecule has 1 saturated heterocycles. The van der Waals surface area contributed by atoms with Crippen LogP contribution in [0.1, 0.15) is 38.2 Å². The standard InChI is InChI=1S/C17H24Cl2N2O/c1-12(10-14-3-4-15(18)11-16(14)19)21-17(22)5-2-13-6-8-20-9-7-13/h3-4,11-13,20H,2,5-10H2,1H3,(H,21,22). The normalized spacial score (nSPS) is 17.2. The SMILES string of the molecule is CC(Cc1ccc(Cl)cc1Cl)NC(=O)CCC1CCNCC1. The maximum atomic E-state index is 12.0. The summed E-state index contributed by atoms with van der Waals surface area (Å²) >= 11 is 12.1. The Balaban J connectivity index is 1.73. The Labute approximate surface area is 142 Å². The van der Waals surface area contributed by atoms with Crippen molar-refractivity contribution < 1.29 is 4.79 Å². The van der Waals surface area contributed by atoms with Gasteiger partial charge in [0.05, 0.1) is 0 Å². The van der Waals surface area contributed by atoms with Crippen LogP contribution in [0.15, 0.2) is 18.2 Å². The molecule has 1 unspecified atom stereocenters. The van der Waals surface area contributed by atoms with Crippen LogP contribution in [0.4, 0.5) is 0 Å². The molecule has 1 aromatic rings. The average molecular weight is 343 g/mol. The topological polar surface area (TPSA) is 41.1 Å². The minimum atomic E-state index is 0.0687. The molecule has 2 N–H and O–H groups in total. The molecule has 1 aromatic carbocycles. The third kappa shape index (κ3) is 5.79. The van der Waals surface area contributed by atoms with E-state index < -0.39 is 0 Å². The van der Waals surface area contributed by atoms with Crippen molar-refractivity contribution in [1.29, 1.82) is 0 Å². The number of benzene rings is 1. The van der Waals surface area contributed by atoms with Crippen LogP contribution >= 0.6 is 23.2 Å². The summed E-state index contributed by atoms with van der Waals surface area (Å²) in [4.78, 5) is 12.0. The van der Waals surface area contributed by atoms with E-state index in [0.29, 0.717) is 22.4 Å². The highest BCUT2D eigenvalue weighted by atomic mass is 35.5. The van der Waals surface area contributed by atoms with Gasteiger partial charge in [-0.15, -0.1) is 0 Å². The van der Waals surface area contributed by atoms with Crippen molar-refractivity contribution in [3.05, 3.63) is 33.8 Å². The number of piperidine rings is 1. The molecule has 1 atom stereocenters. The van der Waals surface area contributed by atoms with Crippen LogP contribution in [0, 0.1) is 5.92 Å². The second-order valence-corrected chi connectivity index (χ2v) is 6.98. The van der Waals surface area contributed by atoms with E-state index in [0.717, 1.165) is 31.5 Å². The number of amides is 1. The van der Waals surface area contributed by atoms with Crippen molar-refractivity contribution in [2.45, 2.75) is 45.1 Å². The summed E-state index contributed by atoms with van der Waals surface area (Å²) in [5, 5.41) is 7.70. The Hall–Kier alpha value is -0.770. The second kappa shape index (κ2) is 8.76. The number of rotatable bonds is 6. The van der Waals surface area contributed by atoms with Gasteiger partial charge in [0.2, 0.25) is 5.91 Å². The summed E-state index contributed by atoms with van der Waals surface area (Å²) in [7, 11) is 0. The second-order valence-electron chi connectivity index (χ2n) is 6.14. The molecular formula is C17H24Cl2N2O. The van der Waals surface area contributed by atoms with E-state index in [9.17, 15) is 4.79 Å². The Morgan fingerprint density at radius 2 is 2.09 bits per heavy atom. The van der Waals surface area contributed by atoms with Crippen molar-refractivity contribution in [3.8, 4) is 0 Å². The quantitative estimate of drug-likeness (QED) is 0.824. The van der Waals surface area contributed by atoms with Gasteiger partial charge in [-0.3, -0.25) is 4.79 Å². The molecule has 0 saturated carbocycles. The lowest BCUT2D eigenvalue weighted by Gasteiger charge is -2.22. The molecular weight excluding hydrogens is 319 g/mol. The smallest absolute Gasteiger partial charge is 0.220 e. The van der Waals surface area contributed by atoms with E-state index >= 15 is 0 Å². The van der Waals surface area contributed by atoms with E-state index in [1.54, 1.807) is 6.07 Å². The molecule has 3 nitrogen and oxygen atoms in total. The first kappa shape index (κ1) is 17.6. The van der Waals surface area contributed by atoms with E-state index in [4.69, 9.17) is 23.2 Å². The number of carbonyl (C=O) groups is 1. The minimum Gasteiger partial charge on any atom is -0.353 e. The minimum absolute atomic E-state index is 0.0687. The van der Waals surface area contributed by atoms with Crippen LogP contribution in [0.25, 0.3) is 0 Å². The van der Waals surface area contributed by atoms with Gasteiger partial charge in [0.15, 0.2) is 0 Å². The summed E-state index contributed by atoms with van der Waals surface area (Å²) in [5.41, 5.74) is 1.01. The summed E-state index contributed by atoms with van der Waals surface area (Å²) in [6.07, 6.45) is 4.69. The van der Waals surface area contributed by atoms with Crippen LogP contribution in [0.3, 0.4) is 0 Å². The molecule has 0 aromatic heterocycles. The van der Waals surface area contributed by atoms with Crippen molar-refractivity contribution in [2.75, 3.05) is 13.1 Å². The van der Waals surface area contributed by atoms with Gasteiger partial charge in [-0.1, -0.05) is 29.3 Å². The highest BCUT2D eigenvalue weighted by Gasteiger charge is 2.16. The van der Waals surface area contributed by atoms with Crippen molar-refractivity contribution in [3.63, 3.8) is 0 Å². The fourth-order valence-corrected chi connectivity index (χ4v) is 3.41. The van der Waals surface area contributed by atoms with Gasteiger partial charge < -0.3 is 10.6 Å². The number of halogens is 2. The fraction of sp³-hybridized carbons (Fsp3) is 0.588. The van der Waals surface area contributed by atoms with Gasteiger partial charge in [-0.05, 0) is 69.3 Å². The molecule has 5 heteroatoms. The molecule has 2 rings (SSSR count). The Bertz CT molecular complexity index is 501. The first-order valence-corrected chi connectivity index (χ1v) is 8.74. The Morgan fingerprint density at radius 3 is 2.77 bits per heavy atom. The number of carbonyl (C=O) groups excluding carboxylic acids is 1. The third-order valence-electron chi connectivity index (χ3n) is 4.19. The summed E-state index contributed by atoms with van der Waals surface area (Å²) in [5.74, 6) is 0.823. The van der Waals surface area contributed by atoms with Gasteiger partial charge in [0.1, 0.15) is 0 Å². The van der Waals surface area contributed by atoms with Crippen molar-refractivity contribution in [1.82, 2.24) is 10.6 Å². The maximum Gasteiger partial charge on any atom is 0.220 e. The lowest BCUT2D eigenvalue weighted by molar-refractivity contribution is -0.122. The zero-order valence-corrected chi connectivity index (χ0v) is 14.5. The largest absolute Gasteiger partial charge is 0.353 e. The summed E-state index contributed by atoms with van der Waals surface area (Å²) in [6.45, 7) is 4.17. The molecule has 1 amide bonds. The monoisotopic (exact) mass is 342 g/mol. The molecule has 1 aliphatic rings. The predicted molar refractivity (Wildman–Crippen MR) is 92.6 cm³/mol. The van der Waals surface area contributed by atoms with Gasteiger partial charge in [0, 0.05) is 22.5 Å². The molecule has 1 heterocycles. The van der Waals surface area contributed by atoms with Crippen LogP contribution in [0.2, 0.25) is 10.0 Å². The first-order chi connectivity index (χ1) is 10.5. The molecule has 1 fully saturated rings. The van der Waals surface area contributed by atoms with Crippen molar-refractivity contribution in [2.24, 2.45) is 5.92 Å². The maximum absolute atomic E-state index is 12.0. The number of nitrogens with one attached hydrogen (secondary N) is 2. The predicted octanol–water partition coefficient (Wildman–Crippen LogP) is 3.82. The third-order valence-corrected chi connectivity index (χ3v) is 4.77. The number of hydrogen-bond acceptors (Lipinski definition) is 2. The zero-order valence-electron chi connectivity index (χ0n) is 13.0. The van der Waals surface area contributed by atoms with E-state index in [1.807, 2.05) is 19.1 Å². The molecule has 1 aliphatic heterocycles. The van der Waals surface area contributed by atoms with Crippen molar-refractivity contribution >= 4 is 29.1 Å². The van der Waals surface area contributed by atoms with Gasteiger partial charge in [-0.25, -0.2) is 0 Å². The first-order valence-electron chi connectivity index (χ1n) is 7.98. The highest BCUT2D eigenvalue weighted by molar-refractivity contribution is 6.35. The summed E-state index contributed by atoms with van der Waals surface area (Å²) in [6, 6.07) is 5.56. The highest BCUT2D eigenvalue weighted by Crippen LogP contribution is 2.22. The van der Waals surface area contributed by atoms with Gasteiger partial charge >= 0.3 is 0 Å². The molecule has 122 valence electrons. The van der Waals surface area contributed by atoms with Crippen LogP contribution in [0.5, 0.6) is 0 Å². The van der Waals surface area contributed by atoms with Crippen LogP contribution < -0.4 is 10.6 Å². The molecule has 0 spiro atoms. The lowest BCUT2D eigenvalue weighted by Crippen LogP contribution is -2.35. The summed E-state index contributed by atoms with van der Waals surface area (Å²) < 4.78 is 0. The van der Waals surface area contributed by atoms with E-state index in [2.05, 4.69) is 10.6 Å². The Morgan fingerprint density at radius 1 is 1.36 bits per heavy atom. The number of hydrogen-bond donors (Lipinski definition) is 2. The van der Waals surface area contributed by atoms with E-state index in [-0.39, 0.29) is 11.9 Å². The fourth-order valence-electron chi connectivity index (χ4n) is 2.92. The molecule has 0 aliphatic carbocycles. The molecule has 0 bridgehead atoms. The molecule has 22 heavy (non-hydrogen) atoms. The van der Waals surface area contributed by atoms with E-state index in [1.165, 1.54) is 12.8 Å². The van der Waals surface area contributed by atoms with Crippen LogP contribution in [-0.2, 0) is 11.2 Å². The van der Waals surface area contributed by atoms with Crippen LogP contribution in [-0.4, -0.2) is 25.0 Å². The van der Waals surface area contributed by atoms with Gasteiger partial charge in [0.25, 0.3) is 0 Å². The van der Waals surface area contributed by atoms with Gasteiger partial charge in [-0.2, -0.15) is 0 Å².